The highest BCUT2D eigenvalue weighted by Gasteiger charge is 2.57. The van der Waals surface area contributed by atoms with Crippen LogP contribution >= 0.6 is 0 Å². The van der Waals surface area contributed by atoms with E-state index >= 15 is 0 Å². The Morgan fingerprint density at radius 2 is 2.07 bits per heavy atom. The minimum Gasteiger partial charge on any atom is -0.460 e. The Labute approximate surface area is 84.8 Å². The number of ether oxygens (including phenoxy) is 2. The summed E-state index contributed by atoms with van der Waals surface area (Å²) in [4.78, 5) is 11.8. The lowest BCUT2D eigenvalue weighted by atomic mass is 9.99. The molecule has 1 atom stereocenters. The fourth-order valence-corrected chi connectivity index (χ4v) is 2.07. The Bertz CT molecular complexity index is 248. The minimum absolute atomic E-state index is 0.0123. The SMILES string of the molecule is CC(C)(C)OC(=O)[C@@H]1CCOC12CC2. The molecule has 0 amide bonds. The first-order valence-electron chi connectivity index (χ1n) is 5.30. The quantitative estimate of drug-likeness (QED) is 0.604. The second kappa shape index (κ2) is 2.96. The normalized spacial score (nSPS) is 29.2. The molecule has 0 N–H and O–H groups in total. The smallest absolute Gasteiger partial charge is 0.312 e. The van der Waals surface area contributed by atoms with Gasteiger partial charge in [0.05, 0.1) is 11.5 Å². The molecule has 2 fully saturated rings. The van der Waals surface area contributed by atoms with Crippen LogP contribution in [0.25, 0.3) is 0 Å². The molecule has 1 saturated heterocycles. The minimum atomic E-state index is -0.379. The third-order valence-electron chi connectivity index (χ3n) is 2.87. The summed E-state index contributed by atoms with van der Waals surface area (Å²) < 4.78 is 11.0. The molecule has 0 aromatic carbocycles. The fourth-order valence-electron chi connectivity index (χ4n) is 2.07. The molecule has 1 saturated carbocycles. The molecule has 3 nitrogen and oxygen atoms in total. The number of rotatable bonds is 1. The van der Waals surface area contributed by atoms with E-state index in [4.69, 9.17) is 9.47 Å². The summed E-state index contributed by atoms with van der Waals surface area (Å²) >= 11 is 0. The van der Waals surface area contributed by atoms with E-state index in [-0.39, 0.29) is 23.1 Å². The maximum Gasteiger partial charge on any atom is 0.312 e. The first-order chi connectivity index (χ1) is 6.43. The zero-order chi connectivity index (χ0) is 10.4. The molecular weight excluding hydrogens is 180 g/mol. The second-order valence-electron chi connectivity index (χ2n) is 5.29. The van der Waals surface area contributed by atoms with Gasteiger partial charge in [-0.3, -0.25) is 4.79 Å². The Morgan fingerprint density at radius 3 is 2.57 bits per heavy atom. The van der Waals surface area contributed by atoms with Crippen molar-refractivity contribution in [1.29, 1.82) is 0 Å². The molecule has 3 heteroatoms. The van der Waals surface area contributed by atoms with Gasteiger partial charge in [-0.15, -0.1) is 0 Å². The molecule has 0 unspecified atom stereocenters. The lowest BCUT2D eigenvalue weighted by Crippen LogP contribution is -2.33. The van der Waals surface area contributed by atoms with Crippen molar-refractivity contribution in [1.82, 2.24) is 0 Å². The predicted octanol–water partition coefficient (Wildman–Crippen LogP) is 1.90. The summed E-state index contributed by atoms with van der Waals surface area (Å²) in [6.07, 6.45) is 2.88. The number of hydrogen-bond acceptors (Lipinski definition) is 3. The van der Waals surface area contributed by atoms with Crippen molar-refractivity contribution in [2.45, 2.75) is 51.2 Å². The maximum absolute atomic E-state index is 11.8. The van der Waals surface area contributed by atoms with Gasteiger partial charge in [-0.2, -0.15) is 0 Å². The highest BCUT2D eigenvalue weighted by molar-refractivity contribution is 5.75. The molecular formula is C11H18O3. The van der Waals surface area contributed by atoms with Gasteiger partial charge < -0.3 is 9.47 Å². The number of esters is 1. The largest absolute Gasteiger partial charge is 0.460 e. The van der Waals surface area contributed by atoms with E-state index in [1.807, 2.05) is 20.8 Å². The van der Waals surface area contributed by atoms with Crippen LogP contribution in [0.2, 0.25) is 0 Å². The molecule has 0 bridgehead atoms. The van der Waals surface area contributed by atoms with Crippen molar-refractivity contribution in [3.8, 4) is 0 Å². The average Bonchev–Trinajstić information content (AvgIpc) is 2.58. The summed E-state index contributed by atoms with van der Waals surface area (Å²) in [5, 5.41) is 0. The molecule has 1 aliphatic heterocycles. The van der Waals surface area contributed by atoms with Gasteiger partial charge in [-0.1, -0.05) is 0 Å². The van der Waals surface area contributed by atoms with E-state index in [2.05, 4.69) is 0 Å². The highest BCUT2D eigenvalue weighted by atomic mass is 16.6. The van der Waals surface area contributed by atoms with Crippen LogP contribution in [0.1, 0.15) is 40.0 Å². The maximum atomic E-state index is 11.8. The van der Waals surface area contributed by atoms with Crippen LogP contribution in [0.4, 0.5) is 0 Å². The molecule has 2 rings (SSSR count). The van der Waals surface area contributed by atoms with Crippen LogP contribution in [0.15, 0.2) is 0 Å². The molecule has 0 aromatic rings. The summed E-state index contributed by atoms with van der Waals surface area (Å²) in [5.41, 5.74) is -0.502. The standard InChI is InChI=1S/C11H18O3/c1-10(2,3)14-9(12)8-4-7-13-11(8)5-6-11/h8H,4-7H2,1-3H3/t8-/m0/s1. The van der Waals surface area contributed by atoms with Gasteiger partial charge in [0, 0.05) is 6.61 Å². The van der Waals surface area contributed by atoms with Gasteiger partial charge in [0.25, 0.3) is 0 Å². The van der Waals surface area contributed by atoms with Crippen molar-refractivity contribution in [3.63, 3.8) is 0 Å². The van der Waals surface area contributed by atoms with Gasteiger partial charge in [0.1, 0.15) is 5.60 Å². The molecule has 14 heavy (non-hydrogen) atoms. The second-order valence-corrected chi connectivity index (χ2v) is 5.29. The lowest BCUT2D eigenvalue weighted by molar-refractivity contribution is -0.162. The van der Waals surface area contributed by atoms with E-state index in [1.54, 1.807) is 0 Å². The number of carbonyl (C=O) groups is 1. The van der Waals surface area contributed by atoms with Crippen LogP contribution in [0, 0.1) is 5.92 Å². The molecule has 80 valence electrons. The Balaban J connectivity index is 1.98. The van der Waals surface area contributed by atoms with Crippen molar-refractivity contribution in [2.24, 2.45) is 5.92 Å². The Morgan fingerprint density at radius 1 is 1.43 bits per heavy atom. The summed E-state index contributed by atoms with van der Waals surface area (Å²) in [6, 6.07) is 0. The van der Waals surface area contributed by atoms with E-state index in [9.17, 15) is 4.79 Å². The van der Waals surface area contributed by atoms with Crippen LogP contribution in [0.5, 0.6) is 0 Å². The van der Waals surface area contributed by atoms with Gasteiger partial charge in [0.15, 0.2) is 0 Å². The van der Waals surface area contributed by atoms with Gasteiger partial charge in [-0.25, -0.2) is 0 Å². The zero-order valence-electron chi connectivity index (χ0n) is 9.13. The van der Waals surface area contributed by atoms with Crippen molar-refractivity contribution < 1.29 is 14.3 Å². The first kappa shape index (κ1) is 9.97. The highest BCUT2D eigenvalue weighted by Crippen LogP contribution is 2.51. The van der Waals surface area contributed by atoms with Crippen LogP contribution in [0.3, 0.4) is 0 Å². The van der Waals surface area contributed by atoms with E-state index in [0.29, 0.717) is 6.61 Å². The van der Waals surface area contributed by atoms with Crippen LogP contribution in [-0.2, 0) is 14.3 Å². The average molecular weight is 198 g/mol. The Kier molecular flexibility index (Phi) is 2.11. The molecule has 1 heterocycles. The number of hydrogen-bond donors (Lipinski definition) is 0. The van der Waals surface area contributed by atoms with Gasteiger partial charge >= 0.3 is 5.97 Å². The van der Waals surface area contributed by atoms with Crippen molar-refractivity contribution in [3.05, 3.63) is 0 Å². The molecule has 1 spiro atoms. The van der Waals surface area contributed by atoms with Crippen LogP contribution < -0.4 is 0 Å². The molecule has 0 radical (unpaired) electrons. The van der Waals surface area contributed by atoms with Gasteiger partial charge in [0.2, 0.25) is 0 Å². The van der Waals surface area contributed by atoms with E-state index in [0.717, 1.165) is 19.3 Å². The lowest BCUT2D eigenvalue weighted by Gasteiger charge is -2.24. The summed E-state index contributed by atoms with van der Waals surface area (Å²) in [7, 11) is 0. The third kappa shape index (κ3) is 1.78. The zero-order valence-corrected chi connectivity index (χ0v) is 9.13. The molecule has 0 aromatic heterocycles. The fraction of sp³-hybridized carbons (Fsp3) is 0.909. The molecule has 2 aliphatic rings. The summed E-state index contributed by atoms with van der Waals surface area (Å²) in [6.45, 7) is 6.42. The van der Waals surface area contributed by atoms with Gasteiger partial charge in [-0.05, 0) is 40.0 Å². The van der Waals surface area contributed by atoms with Crippen molar-refractivity contribution in [2.75, 3.05) is 6.61 Å². The van der Waals surface area contributed by atoms with E-state index < -0.39 is 0 Å². The van der Waals surface area contributed by atoms with E-state index in [1.165, 1.54) is 0 Å². The van der Waals surface area contributed by atoms with Crippen molar-refractivity contribution >= 4 is 5.97 Å². The first-order valence-corrected chi connectivity index (χ1v) is 5.30. The monoisotopic (exact) mass is 198 g/mol. The Hall–Kier alpha value is -0.570. The summed E-state index contributed by atoms with van der Waals surface area (Å²) in [5.74, 6) is -0.0887. The third-order valence-corrected chi connectivity index (χ3v) is 2.87. The number of carbonyl (C=O) groups excluding carboxylic acids is 1. The topological polar surface area (TPSA) is 35.5 Å². The molecule has 1 aliphatic carbocycles. The predicted molar refractivity (Wildman–Crippen MR) is 51.9 cm³/mol. The van der Waals surface area contributed by atoms with Crippen LogP contribution in [-0.4, -0.2) is 23.8 Å².